The second-order valence-corrected chi connectivity index (χ2v) is 21.2. The maximum Gasteiger partial charge on any atom is 0.472 e. The summed E-state index contributed by atoms with van der Waals surface area (Å²) in [6.07, 6.45) is 12.8. The maximum atomic E-state index is 13.2. The Morgan fingerprint density at radius 2 is 0.843 bits per heavy atom. The Balaban J connectivity index is 1.83. The van der Waals surface area contributed by atoms with Crippen LogP contribution in [0.3, 0.4) is 0 Å². The summed E-state index contributed by atoms with van der Waals surface area (Å²) in [4.78, 5) is 36.3. The van der Waals surface area contributed by atoms with E-state index in [1.807, 2.05) is 0 Å². The molecule has 5 unspecified atom stereocenters. The first-order chi connectivity index (χ1) is 33.6. The molecule has 2 fully saturated rings. The summed E-state index contributed by atoms with van der Waals surface area (Å²) in [5, 5.41) is 82.8. The van der Waals surface area contributed by atoms with Crippen LogP contribution in [0.25, 0.3) is 0 Å². The molecule has 1 saturated heterocycles. The van der Waals surface area contributed by atoms with Gasteiger partial charge in [0.15, 0.2) is 12.4 Å². The van der Waals surface area contributed by atoms with Crippen LogP contribution >= 0.6 is 7.82 Å². The van der Waals surface area contributed by atoms with E-state index in [2.05, 4.69) is 13.8 Å². The molecular weight excluding hydrogens is 932 g/mol. The summed E-state index contributed by atoms with van der Waals surface area (Å²) in [6.45, 7) is 2.47. The van der Waals surface area contributed by atoms with Crippen molar-refractivity contribution in [2.75, 3.05) is 19.8 Å². The zero-order valence-electron chi connectivity index (χ0n) is 42.8. The highest BCUT2D eigenvalue weighted by Crippen LogP contribution is 2.47. The number of hydrogen-bond acceptors (Lipinski definition) is 17. The largest absolute Gasteiger partial charge is 0.472 e. The van der Waals surface area contributed by atoms with Crippen LogP contribution in [0.1, 0.15) is 219 Å². The van der Waals surface area contributed by atoms with E-state index >= 15 is 0 Å². The van der Waals surface area contributed by atoms with Gasteiger partial charge in [-0.1, -0.05) is 194 Å². The van der Waals surface area contributed by atoms with E-state index < -0.39 is 113 Å². The lowest BCUT2D eigenvalue weighted by Crippen LogP contribution is -2.65. The number of rotatable bonds is 43. The lowest BCUT2D eigenvalue weighted by atomic mass is 9.85. The van der Waals surface area contributed by atoms with Crippen LogP contribution in [0.5, 0.6) is 0 Å². The van der Waals surface area contributed by atoms with Crippen LogP contribution in [0.4, 0.5) is 0 Å². The van der Waals surface area contributed by atoms with Gasteiger partial charge in [-0.2, -0.15) is 0 Å². The third-order valence-corrected chi connectivity index (χ3v) is 14.5. The molecule has 0 aromatic heterocycles. The van der Waals surface area contributed by atoms with Crippen LogP contribution in [-0.2, 0) is 42.1 Å². The molecule has 1 saturated carbocycles. The fourth-order valence-corrected chi connectivity index (χ4v) is 10.0. The van der Waals surface area contributed by atoms with Crippen LogP contribution in [0, 0.1) is 0 Å². The highest BCUT2D eigenvalue weighted by atomic mass is 31.2. The van der Waals surface area contributed by atoms with E-state index in [9.17, 15) is 59.9 Å². The van der Waals surface area contributed by atoms with Gasteiger partial charge in [0, 0.05) is 12.8 Å². The van der Waals surface area contributed by atoms with Gasteiger partial charge in [-0.05, 0) is 12.8 Å². The molecule has 0 aromatic carbocycles. The maximum absolute atomic E-state index is 13.2. The van der Waals surface area contributed by atoms with Crippen LogP contribution < -0.4 is 0 Å². The van der Waals surface area contributed by atoms with Crippen molar-refractivity contribution in [1.29, 1.82) is 0 Å². The third-order valence-electron chi connectivity index (χ3n) is 13.6. The van der Waals surface area contributed by atoms with Gasteiger partial charge < -0.3 is 64.7 Å². The van der Waals surface area contributed by atoms with E-state index in [0.29, 0.717) is 12.8 Å². The molecule has 19 heteroatoms. The number of ether oxygens (including phenoxy) is 4. The third kappa shape index (κ3) is 27.8. The van der Waals surface area contributed by atoms with Gasteiger partial charge in [0.05, 0.1) is 13.2 Å². The molecule has 70 heavy (non-hydrogen) atoms. The van der Waals surface area contributed by atoms with Gasteiger partial charge >= 0.3 is 19.8 Å². The Labute approximate surface area is 419 Å². The molecule has 2 rings (SSSR count). The first-order valence-electron chi connectivity index (χ1n) is 27.4. The number of carbonyl (C=O) groups is 2. The number of unbranched alkanes of at least 4 members (excludes halogenated alkanes) is 28. The normalized spacial score (nSPS) is 27.3. The average molecular weight is 1030 g/mol. The molecule has 13 atom stereocenters. The first-order valence-corrected chi connectivity index (χ1v) is 28.8. The molecule has 0 bridgehead atoms. The standard InChI is InChI=1S/C51H97O18P/c1-3-5-7-9-11-13-15-17-19-21-23-25-27-29-31-33-40(52)64-35-38(67-41(53)34-32-30-28-26-24-22-20-18-16-14-12-10-8-6-4-2)36-66-70(62,63)69-50-46(58)44(56)49(45(57)47(50)59)65-37-39-42(54)43(55)48(60)51(61)68-39/h38-39,42-51,54-61H,3-37H2,1-2H3,(H,62,63)/t38?,39-,42-,43-,44-,45+,46-,47-,48+,49?,50?,51?/m1/s1. The number of aliphatic hydroxyl groups is 8. The molecule has 0 spiro atoms. The van der Waals surface area contributed by atoms with E-state index in [0.717, 1.165) is 51.4 Å². The number of phosphoric acid groups is 1. The molecule has 0 amide bonds. The molecule has 414 valence electrons. The summed E-state index contributed by atoms with van der Waals surface area (Å²) in [7, 11) is -5.27. The Morgan fingerprint density at radius 3 is 1.26 bits per heavy atom. The SMILES string of the molecule is CCCCCCCCCCCCCCCCCC(=O)OCC(COP(=O)(O)OC1[C@H](O)[C@H](O)C(OC[C@H]2OC(O)[C@@H](O)[C@H](O)[C@@H]2O)[C@H](O)[C@H]1O)OC(=O)CCCCCCCCCCCCCCCCC. The quantitative estimate of drug-likeness (QED) is 0.0167. The minimum absolute atomic E-state index is 0.0591. The highest BCUT2D eigenvalue weighted by Gasteiger charge is 2.53. The first kappa shape index (κ1) is 64.8. The summed E-state index contributed by atoms with van der Waals surface area (Å²) in [6, 6.07) is 0. The topological polar surface area (TPSA) is 289 Å². The van der Waals surface area contributed by atoms with Crippen LogP contribution in [0.15, 0.2) is 0 Å². The lowest BCUT2D eigenvalue weighted by Gasteiger charge is -2.44. The predicted octanol–water partition coefficient (Wildman–Crippen LogP) is 7.11. The van der Waals surface area contributed by atoms with Gasteiger partial charge in [0.25, 0.3) is 0 Å². The zero-order valence-corrected chi connectivity index (χ0v) is 43.7. The van der Waals surface area contributed by atoms with E-state index in [1.54, 1.807) is 0 Å². The number of hydrogen-bond donors (Lipinski definition) is 9. The summed E-state index contributed by atoms with van der Waals surface area (Å²) >= 11 is 0. The van der Waals surface area contributed by atoms with Gasteiger partial charge in [-0.3, -0.25) is 18.6 Å². The van der Waals surface area contributed by atoms with Crippen LogP contribution in [-0.4, -0.2) is 151 Å². The monoisotopic (exact) mass is 1030 g/mol. The second kappa shape index (κ2) is 39.1. The average Bonchev–Trinajstić information content (AvgIpc) is 3.33. The summed E-state index contributed by atoms with van der Waals surface area (Å²) in [5.41, 5.74) is 0. The molecule has 18 nitrogen and oxygen atoms in total. The van der Waals surface area contributed by atoms with Crippen molar-refractivity contribution < 1.29 is 87.9 Å². The second-order valence-electron chi connectivity index (χ2n) is 19.8. The minimum Gasteiger partial charge on any atom is -0.462 e. The van der Waals surface area contributed by atoms with Crippen molar-refractivity contribution >= 4 is 19.8 Å². The highest BCUT2D eigenvalue weighted by molar-refractivity contribution is 7.47. The van der Waals surface area contributed by atoms with Crippen molar-refractivity contribution in [2.45, 2.75) is 293 Å². The molecular formula is C51H97O18P. The fourth-order valence-electron chi connectivity index (χ4n) is 9.04. The Morgan fingerprint density at radius 1 is 0.471 bits per heavy atom. The Bertz CT molecular complexity index is 1350. The molecule has 0 aromatic rings. The van der Waals surface area contributed by atoms with E-state index in [1.165, 1.54) is 128 Å². The molecule has 0 radical (unpaired) electrons. The number of carbonyl (C=O) groups excluding carboxylic acids is 2. The number of aliphatic hydroxyl groups excluding tert-OH is 8. The minimum atomic E-state index is -5.27. The van der Waals surface area contributed by atoms with Gasteiger partial charge in [-0.15, -0.1) is 0 Å². The van der Waals surface area contributed by atoms with Crippen molar-refractivity contribution in [1.82, 2.24) is 0 Å². The van der Waals surface area contributed by atoms with Crippen LogP contribution in [0.2, 0.25) is 0 Å². The van der Waals surface area contributed by atoms with Crippen molar-refractivity contribution in [3.63, 3.8) is 0 Å². The Hall–Kier alpha value is -1.35. The molecule has 1 heterocycles. The van der Waals surface area contributed by atoms with Crippen molar-refractivity contribution in [3.8, 4) is 0 Å². The van der Waals surface area contributed by atoms with Gasteiger partial charge in [-0.25, -0.2) is 4.57 Å². The lowest BCUT2D eigenvalue weighted by molar-refractivity contribution is -0.298. The van der Waals surface area contributed by atoms with Gasteiger partial charge in [0.2, 0.25) is 0 Å². The van der Waals surface area contributed by atoms with Crippen molar-refractivity contribution in [2.24, 2.45) is 0 Å². The number of phosphoric ester groups is 1. The molecule has 1 aliphatic carbocycles. The van der Waals surface area contributed by atoms with E-state index in [-0.39, 0.29) is 12.8 Å². The Kier molecular flexibility index (Phi) is 36.2. The molecule has 2 aliphatic rings. The zero-order chi connectivity index (χ0) is 51.6. The predicted molar refractivity (Wildman–Crippen MR) is 263 cm³/mol. The fraction of sp³-hybridized carbons (Fsp3) is 0.961. The van der Waals surface area contributed by atoms with Gasteiger partial charge in [0.1, 0.15) is 67.6 Å². The summed E-state index contributed by atoms with van der Waals surface area (Å²) < 4.78 is 44.6. The van der Waals surface area contributed by atoms with Crippen molar-refractivity contribution in [3.05, 3.63) is 0 Å². The smallest absolute Gasteiger partial charge is 0.462 e. The molecule has 1 aliphatic heterocycles. The summed E-state index contributed by atoms with van der Waals surface area (Å²) in [5.74, 6) is -1.17. The molecule has 9 N–H and O–H groups in total. The van der Waals surface area contributed by atoms with E-state index in [4.69, 9.17) is 28.0 Å². The number of esters is 2.